The van der Waals surface area contributed by atoms with Crippen LogP contribution in [0.1, 0.15) is 27.2 Å². The Balaban J connectivity index is 1.89. The van der Waals surface area contributed by atoms with Crippen LogP contribution in [0.5, 0.6) is 0 Å². The second-order valence-electron chi connectivity index (χ2n) is 6.09. The molecule has 1 saturated carbocycles. The van der Waals surface area contributed by atoms with Crippen molar-refractivity contribution < 1.29 is 19.1 Å². The molecule has 0 aromatic rings. The molecule has 1 heterocycles. The summed E-state index contributed by atoms with van der Waals surface area (Å²) in [4.78, 5) is 25.1. The Bertz CT molecular complexity index is 360. The Morgan fingerprint density at radius 2 is 1.89 bits per heavy atom. The molecule has 1 saturated heterocycles. The van der Waals surface area contributed by atoms with E-state index in [0.29, 0.717) is 19.0 Å². The number of methoxy groups -OCH3 is 1. The van der Waals surface area contributed by atoms with Gasteiger partial charge in [-0.1, -0.05) is 0 Å². The Morgan fingerprint density at radius 1 is 1.22 bits per heavy atom. The summed E-state index contributed by atoms with van der Waals surface area (Å²) in [6.45, 7) is 6.84. The number of esters is 1. The van der Waals surface area contributed by atoms with Crippen LogP contribution in [-0.4, -0.2) is 42.8 Å². The molecule has 0 radical (unpaired) electrons. The third-order valence-corrected chi connectivity index (χ3v) is 3.62. The lowest BCUT2D eigenvalue weighted by Gasteiger charge is -2.29. The molecule has 2 rings (SSSR count). The zero-order valence-electron chi connectivity index (χ0n) is 11.4. The van der Waals surface area contributed by atoms with Gasteiger partial charge in [-0.05, 0) is 39.0 Å². The van der Waals surface area contributed by atoms with Crippen molar-refractivity contribution in [2.45, 2.75) is 32.8 Å². The molecule has 1 aliphatic carbocycles. The van der Waals surface area contributed by atoms with E-state index in [1.165, 1.54) is 7.11 Å². The van der Waals surface area contributed by atoms with Crippen molar-refractivity contribution in [3.05, 3.63) is 0 Å². The number of hydrogen-bond donors (Lipinski definition) is 0. The molecule has 0 bridgehead atoms. The number of carbonyl (C=O) groups is 2. The maximum absolute atomic E-state index is 11.9. The zero-order valence-corrected chi connectivity index (χ0v) is 11.4. The van der Waals surface area contributed by atoms with Crippen molar-refractivity contribution in [3.8, 4) is 0 Å². The third kappa shape index (κ3) is 2.60. The SMILES string of the molecule is COC(=O)[C@H]1[C@@H]2CN(C(=O)OC(C)(C)C)CC[C@@H]21. The van der Waals surface area contributed by atoms with E-state index >= 15 is 0 Å². The van der Waals surface area contributed by atoms with Crippen LogP contribution in [0.4, 0.5) is 4.79 Å². The number of amides is 1. The summed E-state index contributed by atoms with van der Waals surface area (Å²) in [5, 5.41) is 0. The van der Waals surface area contributed by atoms with E-state index in [0.717, 1.165) is 6.42 Å². The molecule has 5 nitrogen and oxygen atoms in total. The lowest BCUT2D eigenvalue weighted by molar-refractivity contribution is -0.142. The predicted molar refractivity (Wildman–Crippen MR) is 64.9 cm³/mol. The van der Waals surface area contributed by atoms with Gasteiger partial charge in [0.1, 0.15) is 5.60 Å². The fourth-order valence-corrected chi connectivity index (χ4v) is 2.72. The number of piperidine rings is 1. The van der Waals surface area contributed by atoms with Gasteiger partial charge in [-0.3, -0.25) is 4.79 Å². The van der Waals surface area contributed by atoms with Crippen LogP contribution in [0.2, 0.25) is 0 Å². The van der Waals surface area contributed by atoms with Gasteiger partial charge in [0.2, 0.25) is 0 Å². The molecule has 0 spiro atoms. The van der Waals surface area contributed by atoms with Gasteiger partial charge >= 0.3 is 12.1 Å². The molecule has 18 heavy (non-hydrogen) atoms. The number of ether oxygens (including phenoxy) is 2. The average molecular weight is 255 g/mol. The van der Waals surface area contributed by atoms with Crippen LogP contribution < -0.4 is 0 Å². The van der Waals surface area contributed by atoms with Crippen LogP contribution in [0, 0.1) is 17.8 Å². The standard InChI is InChI=1S/C13H21NO4/c1-13(2,3)18-12(16)14-6-5-8-9(7-14)10(8)11(15)17-4/h8-10H,5-7H2,1-4H3/t8-,9+,10+/m0/s1. The summed E-state index contributed by atoms with van der Waals surface area (Å²) in [5.74, 6) is 0.508. The fraction of sp³-hybridized carbons (Fsp3) is 0.846. The molecule has 2 aliphatic rings. The Morgan fingerprint density at radius 3 is 2.44 bits per heavy atom. The summed E-state index contributed by atoms with van der Waals surface area (Å²) in [7, 11) is 1.41. The molecule has 3 atom stereocenters. The maximum atomic E-state index is 11.9. The molecule has 102 valence electrons. The van der Waals surface area contributed by atoms with E-state index in [2.05, 4.69) is 0 Å². The van der Waals surface area contributed by atoms with E-state index in [9.17, 15) is 9.59 Å². The first-order valence-electron chi connectivity index (χ1n) is 6.39. The highest BCUT2D eigenvalue weighted by Crippen LogP contribution is 2.52. The van der Waals surface area contributed by atoms with Crippen LogP contribution in [0.3, 0.4) is 0 Å². The van der Waals surface area contributed by atoms with Gasteiger partial charge in [-0.2, -0.15) is 0 Å². The van der Waals surface area contributed by atoms with Crippen molar-refractivity contribution in [1.29, 1.82) is 0 Å². The first-order chi connectivity index (χ1) is 8.33. The fourth-order valence-electron chi connectivity index (χ4n) is 2.72. The minimum atomic E-state index is -0.473. The summed E-state index contributed by atoms with van der Waals surface area (Å²) in [6, 6.07) is 0. The van der Waals surface area contributed by atoms with Crippen LogP contribution in [-0.2, 0) is 14.3 Å². The van der Waals surface area contributed by atoms with Gasteiger partial charge in [0.25, 0.3) is 0 Å². The van der Waals surface area contributed by atoms with Crippen molar-refractivity contribution >= 4 is 12.1 Å². The minimum absolute atomic E-state index is 0.0116. The van der Waals surface area contributed by atoms with Crippen molar-refractivity contribution in [2.75, 3.05) is 20.2 Å². The molecular formula is C13H21NO4. The first-order valence-corrected chi connectivity index (χ1v) is 6.39. The number of carbonyl (C=O) groups excluding carboxylic acids is 2. The molecule has 0 aromatic heterocycles. The second-order valence-corrected chi connectivity index (χ2v) is 6.09. The van der Waals surface area contributed by atoms with E-state index in [1.807, 2.05) is 20.8 Å². The molecule has 2 fully saturated rings. The molecular weight excluding hydrogens is 234 g/mol. The Labute approximate surface area is 107 Å². The van der Waals surface area contributed by atoms with Crippen LogP contribution in [0.15, 0.2) is 0 Å². The normalized spacial score (nSPS) is 30.4. The predicted octanol–water partition coefficient (Wildman–Crippen LogP) is 1.66. The number of likely N-dealkylation sites (tertiary alicyclic amines) is 1. The summed E-state index contributed by atoms with van der Waals surface area (Å²) >= 11 is 0. The van der Waals surface area contributed by atoms with Crippen LogP contribution in [0.25, 0.3) is 0 Å². The highest BCUT2D eigenvalue weighted by atomic mass is 16.6. The van der Waals surface area contributed by atoms with Gasteiger partial charge in [-0.25, -0.2) is 4.79 Å². The largest absolute Gasteiger partial charge is 0.469 e. The minimum Gasteiger partial charge on any atom is -0.469 e. The van der Waals surface area contributed by atoms with Gasteiger partial charge in [-0.15, -0.1) is 0 Å². The number of rotatable bonds is 1. The topological polar surface area (TPSA) is 55.8 Å². The molecule has 0 unspecified atom stereocenters. The second kappa shape index (κ2) is 4.44. The molecule has 0 N–H and O–H groups in total. The van der Waals surface area contributed by atoms with Crippen LogP contribution >= 0.6 is 0 Å². The number of hydrogen-bond acceptors (Lipinski definition) is 4. The third-order valence-electron chi connectivity index (χ3n) is 3.62. The van der Waals surface area contributed by atoms with Gasteiger partial charge in [0, 0.05) is 13.1 Å². The highest BCUT2D eigenvalue weighted by molar-refractivity contribution is 5.77. The van der Waals surface area contributed by atoms with E-state index in [-0.39, 0.29) is 23.9 Å². The lowest BCUT2D eigenvalue weighted by atomic mass is 10.1. The summed E-state index contributed by atoms with van der Waals surface area (Å²) in [5.41, 5.74) is -0.473. The van der Waals surface area contributed by atoms with E-state index < -0.39 is 5.60 Å². The monoisotopic (exact) mass is 255 g/mol. The van der Waals surface area contributed by atoms with Gasteiger partial charge in [0.05, 0.1) is 13.0 Å². The molecule has 1 aliphatic heterocycles. The van der Waals surface area contributed by atoms with E-state index in [1.54, 1.807) is 4.90 Å². The molecule has 0 aromatic carbocycles. The van der Waals surface area contributed by atoms with E-state index in [4.69, 9.17) is 9.47 Å². The Hall–Kier alpha value is -1.26. The van der Waals surface area contributed by atoms with Gasteiger partial charge < -0.3 is 14.4 Å². The zero-order chi connectivity index (χ0) is 13.5. The van der Waals surface area contributed by atoms with Crippen molar-refractivity contribution in [2.24, 2.45) is 17.8 Å². The molecule has 5 heteroatoms. The first kappa shape index (κ1) is 13.2. The lowest BCUT2D eigenvalue weighted by Crippen LogP contribution is -2.40. The average Bonchev–Trinajstić information content (AvgIpc) is 2.98. The van der Waals surface area contributed by atoms with Crippen molar-refractivity contribution in [1.82, 2.24) is 4.90 Å². The quantitative estimate of drug-likeness (QED) is 0.669. The number of nitrogens with zero attached hydrogens (tertiary/aromatic N) is 1. The highest BCUT2D eigenvalue weighted by Gasteiger charge is 2.58. The maximum Gasteiger partial charge on any atom is 0.410 e. The molecule has 1 amide bonds. The summed E-state index contributed by atoms with van der Waals surface area (Å²) < 4.78 is 10.1. The Kier molecular flexibility index (Phi) is 3.25. The number of fused-ring (bicyclic) bond motifs is 1. The summed E-state index contributed by atoms with van der Waals surface area (Å²) in [6.07, 6.45) is 0.584. The smallest absolute Gasteiger partial charge is 0.410 e. The van der Waals surface area contributed by atoms with Gasteiger partial charge in [0.15, 0.2) is 0 Å². The van der Waals surface area contributed by atoms with Crippen molar-refractivity contribution in [3.63, 3.8) is 0 Å².